The van der Waals surface area contributed by atoms with Gasteiger partial charge in [-0.1, -0.05) is 0 Å². The van der Waals surface area contributed by atoms with Crippen LogP contribution in [0.5, 0.6) is 5.75 Å². The highest BCUT2D eigenvalue weighted by molar-refractivity contribution is 5.97. The minimum Gasteiger partial charge on any atom is -0.486 e. The summed E-state index contributed by atoms with van der Waals surface area (Å²) < 4.78 is 21.5. The summed E-state index contributed by atoms with van der Waals surface area (Å²) in [6, 6.07) is 4.02. The Balaban J connectivity index is 1.59. The van der Waals surface area contributed by atoms with Crippen LogP contribution in [0.3, 0.4) is 0 Å². The second-order valence-corrected chi connectivity index (χ2v) is 6.43. The van der Waals surface area contributed by atoms with Crippen molar-refractivity contribution in [3.63, 3.8) is 0 Å². The SMILES string of the molecule is CN1C(=O)c2ccc(F)cc2OC2CN(Cc3nccn3C)CC21. The van der Waals surface area contributed by atoms with Gasteiger partial charge in [0.2, 0.25) is 0 Å². The van der Waals surface area contributed by atoms with E-state index in [2.05, 4.69) is 9.88 Å². The molecule has 24 heavy (non-hydrogen) atoms. The molecule has 126 valence electrons. The number of amides is 1. The number of carbonyl (C=O) groups excluding carboxylic acids is 1. The van der Waals surface area contributed by atoms with E-state index in [1.54, 1.807) is 18.1 Å². The number of nitrogens with zero attached hydrogens (tertiary/aromatic N) is 4. The first-order valence-electron chi connectivity index (χ1n) is 7.95. The van der Waals surface area contributed by atoms with Crippen molar-refractivity contribution in [2.45, 2.75) is 18.7 Å². The summed E-state index contributed by atoms with van der Waals surface area (Å²) in [5.41, 5.74) is 0.420. The third-order valence-corrected chi connectivity index (χ3v) is 4.87. The van der Waals surface area contributed by atoms with Crippen LogP contribution >= 0.6 is 0 Å². The average Bonchev–Trinajstić information content (AvgIpc) is 3.11. The van der Waals surface area contributed by atoms with Crippen molar-refractivity contribution in [2.24, 2.45) is 7.05 Å². The number of rotatable bonds is 2. The molecule has 0 N–H and O–H groups in total. The molecule has 7 heteroatoms. The molecular weight excluding hydrogens is 311 g/mol. The second-order valence-electron chi connectivity index (χ2n) is 6.43. The molecule has 2 unspecified atom stereocenters. The van der Waals surface area contributed by atoms with Crippen LogP contribution in [0.4, 0.5) is 4.39 Å². The molecule has 2 aliphatic heterocycles. The van der Waals surface area contributed by atoms with Gasteiger partial charge in [-0.2, -0.15) is 0 Å². The number of carbonyl (C=O) groups is 1. The van der Waals surface area contributed by atoms with E-state index in [0.29, 0.717) is 30.9 Å². The Morgan fingerprint density at radius 1 is 1.33 bits per heavy atom. The van der Waals surface area contributed by atoms with Crippen molar-refractivity contribution in [3.05, 3.63) is 47.8 Å². The molecule has 0 radical (unpaired) electrons. The maximum atomic E-state index is 13.5. The summed E-state index contributed by atoms with van der Waals surface area (Å²) in [4.78, 5) is 20.9. The van der Waals surface area contributed by atoms with Gasteiger partial charge in [-0.15, -0.1) is 0 Å². The van der Waals surface area contributed by atoms with Crippen molar-refractivity contribution in [1.82, 2.24) is 19.4 Å². The molecular formula is C17H19FN4O2. The van der Waals surface area contributed by atoms with E-state index >= 15 is 0 Å². The van der Waals surface area contributed by atoms with Gasteiger partial charge in [0.15, 0.2) is 0 Å². The van der Waals surface area contributed by atoms with Crippen LogP contribution in [0, 0.1) is 5.82 Å². The predicted octanol–water partition coefficient (Wildman–Crippen LogP) is 1.28. The number of hydrogen-bond donors (Lipinski definition) is 0. The molecule has 1 fully saturated rings. The van der Waals surface area contributed by atoms with E-state index in [4.69, 9.17) is 4.74 Å². The lowest BCUT2D eigenvalue weighted by Gasteiger charge is -2.25. The molecule has 3 heterocycles. The Morgan fingerprint density at radius 3 is 2.92 bits per heavy atom. The molecule has 2 aliphatic rings. The number of ether oxygens (including phenoxy) is 1. The average molecular weight is 330 g/mol. The maximum absolute atomic E-state index is 13.5. The van der Waals surface area contributed by atoms with Crippen LogP contribution in [0.1, 0.15) is 16.2 Å². The molecule has 0 aliphatic carbocycles. The second kappa shape index (κ2) is 5.59. The van der Waals surface area contributed by atoms with Crippen LogP contribution in [-0.2, 0) is 13.6 Å². The first-order chi connectivity index (χ1) is 11.5. The number of likely N-dealkylation sites (N-methyl/N-ethyl adjacent to an activating group) is 1. The van der Waals surface area contributed by atoms with Gasteiger partial charge in [-0.3, -0.25) is 9.69 Å². The fourth-order valence-electron chi connectivity index (χ4n) is 3.47. The smallest absolute Gasteiger partial charge is 0.257 e. The third kappa shape index (κ3) is 2.45. The van der Waals surface area contributed by atoms with Gasteiger partial charge < -0.3 is 14.2 Å². The predicted molar refractivity (Wildman–Crippen MR) is 85.2 cm³/mol. The molecule has 2 atom stereocenters. The van der Waals surface area contributed by atoms with Crippen LogP contribution in [0.2, 0.25) is 0 Å². The van der Waals surface area contributed by atoms with Gasteiger partial charge in [0.1, 0.15) is 23.5 Å². The number of imidazole rings is 1. The van der Waals surface area contributed by atoms with E-state index in [-0.39, 0.29) is 18.1 Å². The van der Waals surface area contributed by atoms with E-state index in [1.165, 1.54) is 18.2 Å². The third-order valence-electron chi connectivity index (χ3n) is 4.87. The summed E-state index contributed by atoms with van der Waals surface area (Å²) >= 11 is 0. The zero-order valence-electron chi connectivity index (χ0n) is 13.6. The number of hydrogen-bond acceptors (Lipinski definition) is 4. The number of aromatic nitrogens is 2. The molecule has 1 aromatic carbocycles. The Bertz CT molecular complexity index is 791. The van der Waals surface area contributed by atoms with Crippen molar-refractivity contribution in [3.8, 4) is 5.75 Å². The summed E-state index contributed by atoms with van der Waals surface area (Å²) in [6.07, 6.45) is 3.51. The van der Waals surface area contributed by atoms with Gasteiger partial charge in [0.05, 0.1) is 18.2 Å². The molecule has 6 nitrogen and oxygen atoms in total. The van der Waals surface area contributed by atoms with Crippen molar-refractivity contribution >= 4 is 5.91 Å². The molecule has 2 aromatic rings. The van der Waals surface area contributed by atoms with Crippen LogP contribution in [0.15, 0.2) is 30.6 Å². The summed E-state index contributed by atoms with van der Waals surface area (Å²) in [5, 5.41) is 0. The highest BCUT2D eigenvalue weighted by Crippen LogP contribution is 2.31. The fourth-order valence-corrected chi connectivity index (χ4v) is 3.47. The minimum absolute atomic E-state index is 0.0618. The standard InChI is InChI=1S/C17H19FN4O2/c1-20-6-5-19-16(20)10-22-8-13-15(9-22)24-14-7-11(18)3-4-12(14)17(23)21(13)2/h3-7,13,15H,8-10H2,1-2H3. The number of benzene rings is 1. The molecule has 1 aromatic heterocycles. The van der Waals surface area contributed by atoms with Crippen molar-refractivity contribution in [1.29, 1.82) is 0 Å². The topological polar surface area (TPSA) is 50.6 Å². The summed E-state index contributed by atoms with van der Waals surface area (Å²) in [6.45, 7) is 2.07. The van der Waals surface area contributed by atoms with E-state index < -0.39 is 5.82 Å². The quantitative estimate of drug-likeness (QED) is 0.832. The fraction of sp³-hybridized carbons (Fsp3) is 0.412. The lowest BCUT2D eigenvalue weighted by molar-refractivity contribution is 0.0682. The van der Waals surface area contributed by atoms with E-state index in [9.17, 15) is 9.18 Å². The molecule has 4 rings (SSSR count). The number of fused-ring (bicyclic) bond motifs is 2. The maximum Gasteiger partial charge on any atom is 0.257 e. The van der Waals surface area contributed by atoms with Crippen LogP contribution in [-0.4, -0.2) is 57.5 Å². The van der Waals surface area contributed by atoms with Gasteiger partial charge >= 0.3 is 0 Å². The Morgan fingerprint density at radius 2 is 2.17 bits per heavy atom. The van der Waals surface area contributed by atoms with Crippen molar-refractivity contribution in [2.75, 3.05) is 20.1 Å². The lowest BCUT2D eigenvalue weighted by atomic mass is 10.1. The van der Waals surface area contributed by atoms with Gasteiger partial charge in [0, 0.05) is 45.6 Å². The number of aryl methyl sites for hydroxylation is 1. The zero-order valence-corrected chi connectivity index (χ0v) is 13.6. The number of halogens is 1. The van der Waals surface area contributed by atoms with Crippen molar-refractivity contribution < 1.29 is 13.9 Å². The minimum atomic E-state index is -0.398. The first kappa shape index (κ1) is 15.1. The highest BCUT2D eigenvalue weighted by atomic mass is 19.1. The summed E-state index contributed by atoms with van der Waals surface area (Å²) in [7, 11) is 3.74. The molecule has 0 bridgehead atoms. The largest absolute Gasteiger partial charge is 0.486 e. The van der Waals surface area contributed by atoms with Gasteiger partial charge in [0.25, 0.3) is 5.91 Å². The normalized spacial score (nSPS) is 23.6. The van der Waals surface area contributed by atoms with E-state index in [0.717, 1.165) is 5.82 Å². The molecule has 0 spiro atoms. The Kier molecular flexibility index (Phi) is 3.53. The van der Waals surface area contributed by atoms with Gasteiger partial charge in [-0.05, 0) is 12.1 Å². The molecule has 1 saturated heterocycles. The molecule has 0 saturated carbocycles. The Hall–Kier alpha value is -2.41. The highest BCUT2D eigenvalue weighted by Gasteiger charge is 2.42. The number of likely N-dealkylation sites (tertiary alicyclic amines) is 1. The zero-order chi connectivity index (χ0) is 16.8. The first-order valence-corrected chi connectivity index (χ1v) is 7.95. The van der Waals surface area contributed by atoms with E-state index in [1.807, 2.05) is 17.8 Å². The Labute approximate surface area is 139 Å². The summed E-state index contributed by atoms with van der Waals surface area (Å²) in [5.74, 6) is 0.770. The van der Waals surface area contributed by atoms with Gasteiger partial charge in [-0.25, -0.2) is 9.37 Å². The molecule has 1 amide bonds. The monoisotopic (exact) mass is 330 g/mol. The van der Waals surface area contributed by atoms with Crippen LogP contribution < -0.4 is 4.74 Å². The van der Waals surface area contributed by atoms with Crippen LogP contribution in [0.25, 0.3) is 0 Å². The lowest BCUT2D eigenvalue weighted by Crippen LogP contribution is -2.44.